The summed E-state index contributed by atoms with van der Waals surface area (Å²) in [5, 5.41) is 3.61. The second kappa shape index (κ2) is 7.84. The number of rotatable bonds is 4. The Hall–Kier alpha value is -3.53. The van der Waals surface area contributed by atoms with E-state index in [1.54, 1.807) is 24.3 Å². The van der Waals surface area contributed by atoms with Crippen molar-refractivity contribution in [1.82, 2.24) is 10.3 Å². The highest BCUT2D eigenvalue weighted by Crippen LogP contribution is 2.30. The number of fused-ring (bicyclic) bond motifs is 1. The number of hydrogen-bond donors (Lipinski definition) is 1. The summed E-state index contributed by atoms with van der Waals surface area (Å²) in [7, 11) is 0. The van der Waals surface area contributed by atoms with Gasteiger partial charge in [-0.1, -0.05) is 66.2 Å². The van der Waals surface area contributed by atoms with Gasteiger partial charge in [0.25, 0.3) is 5.91 Å². The number of halogens is 1. The zero-order chi connectivity index (χ0) is 20.4. The fourth-order valence-corrected chi connectivity index (χ4v) is 3.44. The molecule has 29 heavy (non-hydrogen) atoms. The lowest BCUT2D eigenvalue weighted by atomic mass is 9.98. The van der Waals surface area contributed by atoms with Crippen LogP contribution in [0.15, 0.2) is 72.8 Å². The monoisotopic (exact) mass is 384 g/mol. The van der Waals surface area contributed by atoms with E-state index in [2.05, 4.69) is 29.6 Å². The van der Waals surface area contributed by atoms with Crippen molar-refractivity contribution < 1.29 is 9.18 Å². The fraction of sp³-hybridized carbons (Fsp3) is 0.120. The molecule has 0 unspecified atom stereocenters. The molecule has 0 saturated carbocycles. The molecule has 0 fully saturated rings. The predicted octanol–water partition coefficient (Wildman–Crippen LogP) is 5.59. The quantitative estimate of drug-likeness (QED) is 0.498. The van der Waals surface area contributed by atoms with Crippen LogP contribution in [0.3, 0.4) is 0 Å². The van der Waals surface area contributed by atoms with Crippen molar-refractivity contribution in [3.8, 4) is 11.1 Å². The van der Waals surface area contributed by atoms with Gasteiger partial charge in [-0.3, -0.25) is 9.78 Å². The molecule has 4 rings (SSSR count). The summed E-state index contributed by atoms with van der Waals surface area (Å²) in [6.07, 6.45) is 0. The van der Waals surface area contributed by atoms with Crippen LogP contribution in [0.1, 0.15) is 27.2 Å². The molecule has 0 aliphatic rings. The Morgan fingerprint density at radius 1 is 0.966 bits per heavy atom. The largest absolute Gasteiger partial charge is 0.348 e. The molecule has 3 nitrogen and oxygen atoms in total. The summed E-state index contributed by atoms with van der Waals surface area (Å²) < 4.78 is 13.9. The molecule has 0 atom stereocenters. The van der Waals surface area contributed by atoms with E-state index < -0.39 is 0 Å². The molecule has 1 N–H and O–H groups in total. The van der Waals surface area contributed by atoms with Crippen molar-refractivity contribution in [2.24, 2.45) is 0 Å². The minimum absolute atomic E-state index is 0.131. The van der Waals surface area contributed by atoms with Gasteiger partial charge in [0.1, 0.15) is 5.82 Å². The molecular formula is C25H21FN2O. The van der Waals surface area contributed by atoms with Crippen molar-refractivity contribution in [2.45, 2.75) is 20.4 Å². The van der Waals surface area contributed by atoms with Gasteiger partial charge in [0, 0.05) is 28.8 Å². The van der Waals surface area contributed by atoms with Crippen molar-refractivity contribution >= 4 is 16.8 Å². The molecule has 0 saturated heterocycles. The first-order valence-electron chi connectivity index (χ1n) is 9.52. The van der Waals surface area contributed by atoms with Gasteiger partial charge in [-0.25, -0.2) is 4.39 Å². The van der Waals surface area contributed by atoms with E-state index in [9.17, 15) is 9.18 Å². The third-order valence-electron chi connectivity index (χ3n) is 4.97. The van der Waals surface area contributed by atoms with Gasteiger partial charge in [0.15, 0.2) is 0 Å². The van der Waals surface area contributed by atoms with Gasteiger partial charge >= 0.3 is 0 Å². The van der Waals surface area contributed by atoms with Crippen LogP contribution >= 0.6 is 0 Å². The molecule has 0 spiro atoms. The van der Waals surface area contributed by atoms with Crippen molar-refractivity contribution in [3.63, 3.8) is 0 Å². The smallest absolute Gasteiger partial charge is 0.252 e. The minimum Gasteiger partial charge on any atom is -0.348 e. The van der Waals surface area contributed by atoms with E-state index in [-0.39, 0.29) is 18.3 Å². The fourth-order valence-electron chi connectivity index (χ4n) is 3.44. The Morgan fingerprint density at radius 3 is 2.48 bits per heavy atom. The van der Waals surface area contributed by atoms with Crippen molar-refractivity contribution in [2.75, 3.05) is 0 Å². The maximum absolute atomic E-state index is 13.9. The average Bonchev–Trinajstić information content (AvgIpc) is 2.72. The number of benzene rings is 3. The molecule has 0 aliphatic heterocycles. The topological polar surface area (TPSA) is 42.0 Å². The van der Waals surface area contributed by atoms with Crippen LogP contribution in [0.4, 0.5) is 4.39 Å². The molecule has 0 bridgehead atoms. The summed E-state index contributed by atoms with van der Waals surface area (Å²) in [4.78, 5) is 17.6. The third kappa shape index (κ3) is 3.87. The van der Waals surface area contributed by atoms with Gasteiger partial charge in [-0.05, 0) is 31.5 Å². The second-order valence-electron chi connectivity index (χ2n) is 7.15. The van der Waals surface area contributed by atoms with Crippen LogP contribution in [0, 0.1) is 19.7 Å². The Morgan fingerprint density at radius 2 is 1.72 bits per heavy atom. The molecule has 0 radical (unpaired) electrons. The Bertz CT molecular complexity index is 1200. The van der Waals surface area contributed by atoms with E-state index in [1.807, 2.05) is 32.0 Å². The zero-order valence-electron chi connectivity index (χ0n) is 16.4. The van der Waals surface area contributed by atoms with Crippen LogP contribution in [0.2, 0.25) is 0 Å². The lowest BCUT2D eigenvalue weighted by molar-refractivity contribution is 0.0952. The first-order chi connectivity index (χ1) is 14.0. The Kier molecular flexibility index (Phi) is 5.09. The molecule has 4 aromatic rings. The highest BCUT2D eigenvalue weighted by molar-refractivity contribution is 6.09. The van der Waals surface area contributed by atoms with Gasteiger partial charge < -0.3 is 5.32 Å². The third-order valence-corrected chi connectivity index (χ3v) is 4.97. The molecule has 3 aromatic carbocycles. The van der Waals surface area contributed by atoms with Gasteiger partial charge in [0.2, 0.25) is 0 Å². The molecular weight excluding hydrogens is 363 g/mol. The molecule has 1 aromatic heterocycles. The lowest BCUT2D eigenvalue weighted by Crippen LogP contribution is -2.24. The van der Waals surface area contributed by atoms with E-state index in [0.717, 1.165) is 27.7 Å². The summed E-state index contributed by atoms with van der Waals surface area (Å²) >= 11 is 0. The number of nitrogens with zero attached hydrogens (tertiary/aromatic N) is 1. The lowest BCUT2D eigenvalue weighted by Gasteiger charge is -2.12. The molecule has 1 heterocycles. The minimum atomic E-state index is -0.328. The van der Waals surface area contributed by atoms with Crippen LogP contribution in [0.5, 0.6) is 0 Å². The highest BCUT2D eigenvalue weighted by Gasteiger charge is 2.15. The molecule has 0 aliphatic carbocycles. The number of amides is 1. The van der Waals surface area contributed by atoms with E-state index >= 15 is 0 Å². The van der Waals surface area contributed by atoms with Crippen molar-refractivity contribution in [3.05, 3.63) is 101 Å². The normalized spacial score (nSPS) is 10.9. The molecule has 144 valence electrons. The second-order valence-corrected chi connectivity index (χ2v) is 7.15. The number of nitrogens with one attached hydrogen (secondary N) is 1. The predicted molar refractivity (Wildman–Crippen MR) is 114 cm³/mol. The molecule has 4 heteroatoms. The van der Waals surface area contributed by atoms with Gasteiger partial charge in [-0.2, -0.15) is 0 Å². The van der Waals surface area contributed by atoms with E-state index in [0.29, 0.717) is 11.1 Å². The number of aryl methyl sites for hydroxylation is 2. The van der Waals surface area contributed by atoms with Gasteiger partial charge in [0.05, 0.1) is 11.1 Å². The maximum Gasteiger partial charge on any atom is 0.252 e. The van der Waals surface area contributed by atoms with Crippen LogP contribution in [-0.2, 0) is 6.54 Å². The maximum atomic E-state index is 13.9. The van der Waals surface area contributed by atoms with Crippen LogP contribution < -0.4 is 5.32 Å². The summed E-state index contributed by atoms with van der Waals surface area (Å²) in [5.74, 6) is -0.574. The van der Waals surface area contributed by atoms with Crippen molar-refractivity contribution in [1.29, 1.82) is 0 Å². The first-order valence-corrected chi connectivity index (χ1v) is 9.52. The summed E-state index contributed by atoms with van der Waals surface area (Å²) in [5.41, 5.74) is 5.76. The zero-order valence-corrected chi connectivity index (χ0v) is 16.4. The SMILES string of the molecule is Cc1ccc(-c2cccc3c(C(=O)NCc4ccccc4F)cc(C)nc23)cc1. The summed E-state index contributed by atoms with van der Waals surface area (Å²) in [6.45, 7) is 4.05. The van der Waals surface area contributed by atoms with Crippen LogP contribution in [-0.4, -0.2) is 10.9 Å². The Balaban J connectivity index is 1.73. The highest BCUT2D eigenvalue weighted by atomic mass is 19.1. The van der Waals surface area contributed by atoms with Gasteiger partial charge in [-0.15, -0.1) is 0 Å². The number of pyridine rings is 1. The molecule has 1 amide bonds. The number of para-hydroxylation sites is 1. The summed E-state index contributed by atoms with van der Waals surface area (Å²) in [6, 6.07) is 22.3. The number of hydrogen-bond acceptors (Lipinski definition) is 2. The first kappa shape index (κ1) is 18.8. The average molecular weight is 384 g/mol. The number of carbonyl (C=O) groups is 1. The number of carbonyl (C=O) groups excluding carboxylic acids is 1. The van der Waals surface area contributed by atoms with E-state index in [1.165, 1.54) is 11.6 Å². The standard InChI is InChI=1S/C25H21FN2O/c1-16-10-12-18(13-11-16)20-7-5-8-21-22(14-17(2)28-24(20)21)25(29)27-15-19-6-3-4-9-23(19)26/h3-14H,15H2,1-2H3,(H,27,29). The Labute approximate surface area is 169 Å². The van der Waals surface area contributed by atoms with E-state index in [4.69, 9.17) is 4.98 Å². The van der Waals surface area contributed by atoms with Crippen LogP contribution in [0.25, 0.3) is 22.0 Å². The number of aromatic nitrogens is 1.